The number of hydrogen-bond acceptors (Lipinski definition) is 2. The highest BCUT2D eigenvalue weighted by atomic mass is 19.1. The molecule has 16 heavy (non-hydrogen) atoms. The van der Waals surface area contributed by atoms with Crippen LogP contribution in [0.4, 0.5) is 8.78 Å². The van der Waals surface area contributed by atoms with Crippen LogP contribution in [-0.2, 0) is 4.74 Å². The molecule has 0 amide bonds. The Labute approximate surface area is 93.2 Å². The van der Waals surface area contributed by atoms with E-state index in [1.807, 2.05) is 0 Å². The third-order valence-electron chi connectivity index (χ3n) is 2.15. The molecule has 1 aromatic carbocycles. The lowest BCUT2D eigenvalue weighted by Crippen LogP contribution is -2.04. The van der Waals surface area contributed by atoms with Gasteiger partial charge in [0.15, 0.2) is 0 Å². The van der Waals surface area contributed by atoms with Crippen LogP contribution < -0.4 is 0 Å². The van der Waals surface area contributed by atoms with Gasteiger partial charge in [0.05, 0.1) is 18.8 Å². The molecule has 2 nitrogen and oxygen atoms in total. The van der Waals surface area contributed by atoms with Crippen LogP contribution in [0.15, 0.2) is 24.3 Å². The lowest BCUT2D eigenvalue weighted by molar-refractivity contribution is 0.0526. The van der Waals surface area contributed by atoms with Gasteiger partial charge in [-0.2, -0.15) is 0 Å². The largest absolute Gasteiger partial charge is 0.462 e. The Bertz CT molecular complexity index is 335. The van der Waals surface area contributed by atoms with Gasteiger partial charge in [-0.3, -0.25) is 4.39 Å². The van der Waals surface area contributed by atoms with Gasteiger partial charge in [-0.15, -0.1) is 0 Å². The fourth-order valence-corrected chi connectivity index (χ4v) is 1.30. The summed E-state index contributed by atoms with van der Waals surface area (Å²) in [7, 11) is 0. The summed E-state index contributed by atoms with van der Waals surface area (Å²) in [5, 5.41) is 0. The minimum absolute atomic E-state index is 0.154. The molecule has 0 saturated carbocycles. The fraction of sp³-hybridized carbons (Fsp3) is 0.417. The van der Waals surface area contributed by atoms with Crippen LogP contribution >= 0.6 is 0 Å². The van der Waals surface area contributed by atoms with Gasteiger partial charge >= 0.3 is 5.97 Å². The molecule has 0 radical (unpaired) electrons. The van der Waals surface area contributed by atoms with E-state index in [1.54, 1.807) is 6.92 Å². The number of hydrogen-bond donors (Lipinski definition) is 0. The number of ether oxygens (including phenoxy) is 1. The van der Waals surface area contributed by atoms with Crippen molar-refractivity contribution in [2.24, 2.45) is 0 Å². The summed E-state index contributed by atoms with van der Waals surface area (Å²) in [5.41, 5.74) is 0.753. The number of alkyl halides is 2. The number of benzene rings is 1. The van der Waals surface area contributed by atoms with Gasteiger partial charge in [0.1, 0.15) is 6.17 Å². The number of esters is 1. The number of carbonyl (C=O) groups is 1. The van der Waals surface area contributed by atoms with Crippen LogP contribution in [0, 0.1) is 0 Å². The SMILES string of the molecule is CCOC(=O)c1ccc(C(F)CCF)cc1. The maximum atomic E-state index is 13.3. The van der Waals surface area contributed by atoms with E-state index in [2.05, 4.69) is 0 Å². The van der Waals surface area contributed by atoms with Crippen LogP contribution in [0.1, 0.15) is 35.4 Å². The van der Waals surface area contributed by atoms with Crippen molar-refractivity contribution < 1.29 is 18.3 Å². The number of carbonyl (C=O) groups excluding carboxylic acids is 1. The molecule has 1 aromatic rings. The molecule has 0 aromatic heterocycles. The van der Waals surface area contributed by atoms with Crippen molar-refractivity contribution in [1.29, 1.82) is 0 Å². The zero-order chi connectivity index (χ0) is 12.0. The maximum Gasteiger partial charge on any atom is 0.338 e. The van der Waals surface area contributed by atoms with Gasteiger partial charge in [0.2, 0.25) is 0 Å². The normalized spacial score (nSPS) is 12.2. The lowest BCUT2D eigenvalue weighted by atomic mass is 10.1. The monoisotopic (exact) mass is 228 g/mol. The van der Waals surface area contributed by atoms with E-state index in [0.29, 0.717) is 17.7 Å². The lowest BCUT2D eigenvalue weighted by Gasteiger charge is -2.07. The van der Waals surface area contributed by atoms with Crippen LogP contribution in [0.5, 0.6) is 0 Å². The summed E-state index contributed by atoms with van der Waals surface area (Å²) in [5.74, 6) is -0.435. The van der Waals surface area contributed by atoms with E-state index in [9.17, 15) is 13.6 Å². The van der Waals surface area contributed by atoms with Crippen molar-refractivity contribution in [3.8, 4) is 0 Å². The van der Waals surface area contributed by atoms with Gasteiger partial charge in [-0.25, -0.2) is 9.18 Å². The molecule has 4 heteroatoms. The molecular weight excluding hydrogens is 214 g/mol. The van der Waals surface area contributed by atoms with Crippen molar-refractivity contribution in [2.45, 2.75) is 19.5 Å². The van der Waals surface area contributed by atoms with E-state index in [1.165, 1.54) is 24.3 Å². The molecule has 88 valence electrons. The van der Waals surface area contributed by atoms with E-state index in [4.69, 9.17) is 4.74 Å². The van der Waals surface area contributed by atoms with E-state index >= 15 is 0 Å². The summed E-state index contributed by atoms with van der Waals surface area (Å²) < 4.78 is 30.0. The number of halogens is 2. The van der Waals surface area contributed by atoms with Gasteiger partial charge in [0, 0.05) is 6.42 Å². The summed E-state index contributed by atoms with van der Waals surface area (Å²) in [6, 6.07) is 5.93. The Morgan fingerprint density at radius 2 is 2.00 bits per heavy atom. The van der Waals surface area contributed by atoms with Crippen LogP contribution in [0.25, 0.3) is 0 Å². The second-order valence-corrected chi connectivity index (χ2v) is 3.29. The van der Waals surface area contributed by atoms with E-state index in [-0.39, 0.29) is 6.42 Å². The minimum atomic E-state index is -1.32. The Morgan fingerprint density at radius 1 is 1.38 bits per heavy atom. The summed E-state index contributed by atoms with van der Waals surface area (Å²) in [4.78, 5) is 11.3. The molecule has 1 rings (SSSR count). The quantitative estimate of drug-likeness (QED) is 0.723. The first kappa shape index (κ1) is 12.6. The molecule has 0 aliphatic carbocycles. The average molecular weight is 228 g/mol. The highest BCUT2D eigenvalue weighted by Crippen LogP contribution is 2.21. The van der Waals surface area contributed by atoms with Gasteiger partial charge in [0.25, 0.3) is 0 Å². The molecule has 0 bridgehead atoms. The third-order valence-corrected chi connectivity index (χ3v) is 2.15. The smallest absolute Gasteiger partial charge is 0.338 e. The molecule has 0 saturated heterocycles. The summed E-state index contributed by atoms with van der Waals surface area (Å²) in [6.45, 7) is 1.32. The molecular formula is C12H14F2O2. The van der Waals surface area contributed by atoms with E-state index in [0.717, 1.165) is 0 Å². The summed E-state index contributed by atoms with van der Waals surface area (Å²) >= 11 is 0. The van der Waals surface area contributed by atoms with Crippen LogP contribution in [0.3, 0.4) is 0 Å². The van der Waals surface area contributed by atoms with Gasteiger partial charge in [-0.05, 0) is 24.6 Å². The second-order valence-electron chi connectivity index (χ2n) is 3.29. The Morgan fingerprint density at radius 3 is 2.50 bits per heavy atom. The molecule has 0 fully saturated rings. The molecule has 0 N–H and O–H groups in total. The predicted molar refractivity (Wildman–Crippen MR) is 56.8 cm³/mol. The van der Waals surface area contributed by atoms with Crippen LogP contribution in [-0.4, -0.2) is 19.3 Å². The highest BCUT2D eigenvalue weighted by Gasteiger charge is 2.11. The minimum Gasteiger partial charge on any atom is -0.462 e. The second kappa shape index (κ2) is 6.20. The Balaban J connectivity index is 2.71. The van der Waals surface area contributed by atoms with Crippen molar-refractivity contribution >= 4 is 5.97 Å². The van der Waals surface area contributed by atoms with Crippen molar-refractivity contribution in [3.05, 3.63) is 35.4 Å². The highest BCUT2D eigenvalue weighted by molar-refractivity contribution is 5.89. The Kier molecular flexibility index (Phi) is 4.89. The molecule has 0 spiro atoms. The standard InChI is InChI=1S/C12H14F2O2/c1-2-16-12(15)10-5-3-9(4-6-10)11(14)7-8-13/h3-6,11H,2,7-8H2,1H3. The topological polar surface area (TPSA) is 26.3 Å². The average Bonchev–Trinajstić information content (AvgIpc) is 2.30. The first-order valence-electron chi connectivity index (χ1n) is 5.16. The number of rotatable bonds is 5. The first-order valence-corrected chi connectivity index (χ1v) is 5.16. The maximum absolute atomic E-state index is 13.3. The first-order chi connectivity index (χ1) is 7.69. The van der Waals surface area contributed by atoms with Crippen molar-refractivity contribution in [1.82, 2.24) is 0 Å². The van der Waals surface area contributed by atoms with Crippen LogP contribution in [0.2, 0.25) is 0 Å². The third kappa shape index (κ3) is 3.29. The molecule has 1 unspecified atom stereocenters. The molecule has 0 aliphatic heterocycles. The summed E-state index contributed by atoms with van der Waals surface area (Å²) in [6.07, 6.45) is -1.47. The van der Waals surface area contributed by atoms with Gasteiger partial charge < -0.3 is 4.74 Å². The van der Waals surface area contributed by atoms with E-state index < -0.39 is 18.8 Å². The Hall–Kier alpha value is -1.45. The molecule has 1 atom stereocenters. The fourth-order valence-electron chi connectivity index (χ4n) is 1.30. The molecule has 0 heterocycles. The zero-order valence-electron chi connectivity index (χ0n) is 9.08. The van der Waals surface area contributed by atoms with Crippen molar-refractivity contribution in [2.75, 3.05) is 13.3 Å². The van der Waals surface area contributed by atoms with Crippen molar-refractivity contribution in [3.63, 3.8) is 0 Å². The molecule has 0 aliphatic rings. The van der Waals surface area contributed by atoms with Gasteiger partial charge in [-0.1, -0.05) is 12.1 Å². The zero-order valence-corrected chi connectivity index (χ0v) is 9.08. The predicted octanol–water partition coefficient (Wildman–Crippen LogP) is 3.23.